The van der Waals surface area contributed by atoms with Crippen molar-refractivity contribution in [2.45, 2.75) is 33.6 Å². The first kappa shape index (κ1) is 43.1. The average Bonchev–Trinajstić information content (AvgIpc) is 4.07. The number of nitrogens with one attached hydrogen (secondary N) is 4. The molecular formula is C45H45N15O4. The third kappa shape index (κ3) is 9.47. The number of H-pyrrole nitrogens is 4. The first-order valence-electron chi connectivity index (χ1n) is 19.8. The van der Waals surface area contributed by atoms with Crippen molar-refractivity contribution in [3.05, 3.63) is 169 Å². The summed E-state index contributed by atoms with van der Waals surface area (Å²) in [5.41, 5.74) is 39.9. The van der Waals surface area contributed by atoms with Crippen LogP contribution >= 0.6 is 0 Å². The number of nitro benzene ring substituents is 2. The molecule has 10 aromatic rings. The van der Waals surface area contributed by atoms with E-state index in [-0.39, 0.29) is 22.7 Å². The number of fused-ring (bicyclic) bond motifs is 4. The maximum absolute atomic E-state index is 11.1. The molecule has 0 saturated heterocycles. The Labute approximate surface area is 364 Å². The number of benzene rings is 6. The van der Waals surface area contributed by atoms with Crippen LogP contribution in [0.25, 0.3) is 44.1 Å². The minimum absolute atomic E-state index is 0.00505. The van der Waals surface area contributed by atoms with Gasteiger partial charge in [-0.15, -0.1) is 0 Å². The lowest BCUT2D eigenvalue weighted by molar-refractivity contribution is -0.383. The highest BCUT2D eigenvalue weighted by Crippen LogP contribution is 2.27. The van der Waals surface area contributed by atoms with Crippen molar-refractivity contribution in [1.29, 1.82) is 0 Å². The van der Waals surface area contributed by atoms with Crippen LogP contribution in [0.4, 0.5) is 39.8 Å². The monoisotopic (exact) mass is 859 g/mol. The summed E-state index contributed by atoms with van der Waals surface area (Å²) in [4.78, 5) is 51.5. The van der Waals surface area contributed by atoms with Gasteiger partial charge in [-0.25, -0.2) is 19.9 Å². The van der Waals surface area contributed by atoms with Crippen LogP contribution in [0.2, 0.25) is 0 Å². The number of aromatic amines is 4. The Morgan fingerprint density at radius 1 is 0.422 bits per heavy atom. The van der Waals surface area contributed by atoms with E-state index < -0.39 is 9.85 Å². The number of hydrogen-bond donors (Lipinski definition) is 9. The predicted octanol–water partition coefficient (Wildman–Crippen LogP) is 8.09. The minimum Gasteiger partial charge on any atom is -0.397 e. The zero-order valence-corrected chi connectivity index (χ0v) is 35.0. The molecular weight excluding hydrogens is 815 g/mol. The van der Waals surface area contributed by atoms with Crippen molar-refractivity contribution >= 4 is 83.9 Å². The van der Waals surface area contributed by atoms with Gasteiger partial charge in [0.1, 0.15) is 34.5 Å². The lowest BCUT2D eigenvalue weighted by atomic mass is 10.2. The highest BCUT2D eigenvalue weighted by Gasteiger charge is 2.17. The number of hydrogen-bond acceptors (Lipinski definition) is 13. The predicted molar refractivity (Wildman–Crippen MR) is 252 cm³/mol. The molecule has 19 heteroatoms. The first-order chi connectivity index (χ1) is 30.7. The van der Waals surface area contributed by atoms with Crippen molar-refractivity contribution in [3.63, 3.8) is 0 Å². The zero-order valence-electron chi connectivity index (χ0n) is 35.0. The van der Waals surface area contributed by atoms with E-state index in [1.54, 1.807) is 18.2 Å². The smallest absolute Gasteiger partial charge is 0.297 e. The lowest BCUT2D eigenvalue weighted by Gasteiger charge is -2.00. The number of imidazole rings is 4. The number of non-ortho nitro benzene ring substituents is 1. The van der Waals surface area contributed by atoms with Crippen molar-refractivity contribution in [1.82, 2.24) is 39.9 Å². The summed E-state index contributed by atoms with van der Waals surface area (Å²) in [6.45, 7) is 6.01. The van der Waals surface area contributed by atoms with Gasteiger partial charge in [0.15, 0.2) is 5.52 Å². The van der Waals surface area contributed by atoms with Crippen LogP contribution in [0, 0.1) is 41.0 Å². The van der Waals surface area contributed by atoms with Gasteiger partial charge in [-0.2, -0.15) is 0 Å². The Morgan fingerprint density at radius 2 is 0.766 bits per heavy atom. The van der Waals surface area contributed by atoms with Crippen LogP contribution in [-0.2, 0) is 12.8 Å². The topological polar surface area (TPSA) is 331 Å². The first-order valence-corrected chi connectivity index (χ1v) is 19.8. The van der Waals surface area contributed by atoms with Crippen molar-refractivity contribution in [2.24, 2.45) is 0 Å². The molecule has 19 nitrogen and oxygen atoms in total. The van der Waals surface area contributed by atoms with Gasteiger partial charge < -0.3 is 48.6 Å². The van der Waals surface area contributed by atoms with Crippen molar-refractivity contribution < 1.29 is 9.85 Å². The normalized spacial score (nSPS) is 10.8. The van der Waals surface area contributed by atoms with Gasteiger partial charge in [0.2, 0.25) is 0 Å². The Hall–Kier alpha value is -9.00. The summed E-state index contributed by atoms with van der Waals surface area (Å²) in [7, 11) is 0. The fourth-order valence-electron chi connectivity index (χ4n) is 6.86. The molecule has 0 aliphatic carbocycles. The molecule has 324 valence electrons. The van der Waals surface area contributed by atoms with Crippen LogP contribution in [0.1, 0.15) is 40.0 Å². The van der Waals surface area contributed by atoms with Gasteiger partial charge in [0.05, 0.1) is 78.5 Å². The molecule has 4 aromatic heterocycles. The molecule has 0 amide bonds. The number of rotatable bonds is 6. The summed E-state index contributed by atoms with van der Waals surface area (Å²) < 4.78 is 0. The number of aromatic nitrogens is 8. The Morgan fingerprint density at radius 3 is 1.20 bits per heavy atom. The quantitative estimate of drug-likeness (QED) is 0.0434. The molecule has 0 atom stereocenters. The number of anilines is 5. The van der Waals surface area contributed by atoms with E-state index >= 15 is 0 Å². The van der Waals surface area contributed by atoms with Crippen molar-refractivity contribution in [3.8, 4) is 0 Å². The number of nitrogens with two attached hydrogens (primary N) is 5. The molecule has 64 heavy (non-hydrogen) atoms. The van der Waals surface area contributed by atoms with Gasteiger partial charge in [-0.3, -0.25) is 20.2 Å². The fourth-order valence-corrected chi connectivity index (χ4v) is 6.86. The third-order valence-corrected chi connectivity index (χ3v) is 10.2. The molecule has 0 aliphatic rings. The number of para-hydroxylation sites is 6. The second-order valence-electron chi connectivity index (χ2n) is 14.8. The van der Waals surface area contributed by atoms with Crippen molar-refractivity contribution in [2.75, 3.05) is 28.7 Å². The van der Waals surface area contributed by atoms with E-state index in [2.05, 4.69) is 52.9 Å². The number of nitrogens with zero attached hydrogens (tertiary/aromatic N) is 6. The summed E-state index contributed by atoms with van der Waals surface area (Å²) in [5.74, 6) is 3.18. The number of nitro groups is 2. The van der Waals surface area contributed by atoms with Crippen LogP contribution < -0.4 is 28.7 Å². The molecule has 0 radical (unpaired) electrons. The molecule has 0 unspecified atom stereocenters. The standard InChI is InChI=1S/C16H13N5O2.C16H15N5.C7H10N2.C6H7N3O2/c1-9-4-2-5-10-15(9)19-13(17-10)8-14-18-11-6-3-7-12(21(22)23)16(11)20-14;1-9-4-2-6-11-15(9)20-13(18-11)8-14-19-12-7-3-5-10(17)16(12)21-14;1-5-3-2-4-6(8)7(5)9;7-4-2-1-3-5(6(4)8)9(10)11/h2-7H,8H2,1H3,(H,17,19)(H,18,20);2-7H,8,17H2,1H3,(H,18,20)(H,19,21);2-4H,8-9H2,1H3;1-3H,7-8H2. The van der Waals surface area contributed by atoms with Crippen LogP contribution in [0.3, 0.4) is 0 Å². The summed E-state index contributed by atoms with van der Waals surface area (Å²) in [5, 5.41) is 21.3. The summed E-state index contributed by atoms with van der Waals surface area (Å²) in [6.07, 6.45) is 1.09. The maximum Gasteiger partial charge on any atom is 0.297 e. The highest BCUT2D eigenvalue weighted by atomic mass is 16.6. The molecule has 14 N–H and O–H groups in total. The zero-order chi connectivity index (χ0) is 45.7. The lowest BCUT2D eigenvalue weighted by Crippen LogP contribution is -1.99. The second-order valence-corrected chi connectivity index (χ2v) is 14.8. The molecule has 4 heterocycles. The minimum atomic E-state index is -0.564. The molecule has 0 bridgehead atoms. The van der Waals surface area contributed by atoms with E-state index in [1.807, 2.05) is 74.5 Å². The number of nitrogen functional groups attached to an aromatic ring is 5. The average molecular weight is 860 g/mol. The largest absolute Gasteiger partial charge is 0.397 e. The van der Waals surface area contributed by atoms with Crippen LogP contribution in [0.5, 0.6) is 0 Å². The van der Waals surface area contributed by atoms with E-state index in [0.717, 1.165) is 61.7 Å². The molecule has 0 spiro atoms. The van der Waals surface area contributed by atoms with Gasteiger partial charge in [-0.05, 0) is 79.9 Å². The summed E-state index contributed by atoms with van der Waals surface area (Å²) >= 11 is 0. The molecule has 0 saturated carbocycles. The fraction of sp³-hybridized carbons (Fsp3) is 0.111. The second kappa shape index (κ2) is 18.3. The third-order valence-electron chi connectivity index (χ3n) is 10.2. The molecule has 0 fully saturated rings. The van der Waals surface area contributed by atoms with Gasteiger partial charge in [0, 0.05) is 12.1 Å². The number of aryl methyl sites for hydroxylation is 3. The van der Waals surface area contributed by atoms with E-state index in [9.17, 15) is 20.2 Å². The maximum atomic E-state index is 11.1. The van der Waals surface area contributed by atoms with Crippen LogP contribution in [0.15, 0.2) is 109 Å². The molecule has 6 aromatic carbocycles. The van der Waals surface area contributed by atoms with Gasteiger partial charge in [-0.1, -0.05) is 54.6 Å². The van der Waals surface area contributed by atoms with E-state index in [1.165, 1.54) is 29.8 Å². The van der Waals surface area contributed by atoms with Gasteiger partial charge in [0.25, 0.3) is 11.4 Å². The SMILES string of the molecule is Cc1cccc(N)c1N.Cc1cccc2[nH]c(Cc3nc4c(N)cccc4[nH]3)nc12.Cc1cccc2[nH]c(Cc3nc4c([N+](=O)[O-])cccc4[nH]3)nc12.Nc1cccc([N+](=O)[O-])c1N. The Kier molecular flexibility index (Phi) is 12.3. The molecule has 10 rings (SSSR count). The molecule has 0 aliphatic heterocycles. The highest BCUT2D eigenvalue weighted by molar-refractivity contribution is 5.87. The van der Waals surface area contributed by atoms with Crippen LogP contribution in [-0.4, -0.2) is 49.7 Å². The Balaban J connectivity index is 0.000000137. The van der Waals surface area contributed by atoms with Gasteiger partial charge >= 0.3 is 0 Å². The van der Waals surface area contributed by atoms with E-state index in [0.29, 0.717) is 46.8 Å². The summed E-state index contributed by atoms with van der Waals surface area (Å²) in [6, 6.07) is 32.7. The van der Waals surface area contributed by atoms with E-state index in [4.69, 9.17) is 28.7 Å². The Bertz CT molecular complexity index is 3210.